The van der Waals surface area contributed by atoms with Gasteiger partial charge in [0.15, 0.2) is 0 Å². The number of rotatable bonds is 2. The minimum Gasteiger partial charge on any atom is -0.302 e. The summed E-state index contributed by atoms with van der Waals surface area (Å²) < 4.78 is 0. The fraction of sp³-hybridized carbons (Fsp3) is 0.125. The summed E-state index contributed by atoms with van der Waals surface area (Å²) in [5, 5.41) is 0. The third-order valence-corrected chi connectivity index (χ3v) is 1.15. The van der Waals surface area contributed by atoms with Gasteiger partial charge in [0.2, 0.25) is 0 Å². The maximum atomic E-state index is 5.18. The SMILES string of the molecule is [B]C/N=C/c1ccccc1. The van der Waals surface area contributed by atoms with E-state index in [4.69, 9.17) is 7.85 Å². The summed E-state index contributed by atoms with van der Waals surface area (Å²) in [6, 6.07) is 9.88. The average Bonchev–Trinajstić information content (AvgIpc) is 2.03. The molecule has 1 rings (SSSR count). The van der Waals surface area contributed by atoms with Crippen molar-refractivity contribution in [3.63, 3.8) is 0 Å². The van der Waals surface area contributed by atoms with Gasteiger partial charge in [0, 0.05) is 6.21 Å². The highest BCUT2D eigenvalue weighted by molar-refractivity contribution is 6.09. The van der Waals surface area contributed by atoms with Crippen LogP contribution in [-0.4, -0.2) is 20.5 Å². The molecule has 1 aromatic carbocycles. The quantitative estimate of drug-likeness (QED) is 0.420. The Morgan fingerprint density at radius 2 is 2.00 bits per heavy atom. The molecule has 1 nitrogen and oxygen atoms in total. The number of benzene rings is 1. The van der Waals surface area contributed by atoms with E-state index < -0.39 is 0 Å². The monoisotopic (exact) mass is 129 g/mol. The van der Waals surface area contributed by atoms with E-state index in [0.29, 0.717) is 6.44 Å². The lowest BCUT2D eigenvalue weighted by Gasteiger charge is -1.88. The Kier molecular flexibility index (Phi) is 2.74. The first-order valence-corrected chi connectivity index (χ1v) is 3.18. The Morgan fingerprint density at radius 3 is 2.60 bits per heavy atom. The van der Waals surface area contributed by atoms with Gasteiger partial charge in [-0.3, -0.25) is 0 Å². The molecule has 0 aliphatic heterocycles. The van der Waals surface area contributed by atoms with Crippen molar-refractivity contribution in [1.82, 2.24) is 0 Å². The van der Waals surface area contributed by atoms with Gasteiger partial charge in [-0.15, -0.1) is 0 Å². The fourth-order valence-electron chi connectivity index (χ4n) is 0.697. The molecule has 0 heterocycles. The summed E-state index contributed by atoms with van der Waals surface area (Å²) in [6.07, 6.45) is 2.12. The molecule has 48 valence electrons. The summed E-state index contributed by atoms with van der Waals surface area (Å²) >= 11 is 0. The molecule has 0 aliphatic rings. The lowest BCUT2D eigenvalue weighted by Crippen LogP contribution is -1.81. The molecule has 0 fully saturated rings. The molecule has 0 saturated heterocycles. The molecule has 0 aliphatic carbocycles. The predicted octanol–water partition coefficient (Wildman–Crippen LogP) is 1.23. The van der Waals surface area contributed by atoms with Crippen LogP contribution in [0.1, 0.15) is 5.56 Å². The third kappa shape index (κ3) is 2.06. The van der Waals surface area contributed by atoms with E-state index in [2.05, 4.69) is 4.99 Å². The van der Waals surface area contributed by atoms with Gasteiger partial charge in [-0.2, -0.15) is 0 Å². The normalized spacial score (nSPS) is 10.4. The standard InChI is InChI=1S/C8H8BN/c9-7-10-6-8-4-2-1-3-5-8/h1-6H,7H2/b10-6+. The van der Waals surface area contributed by atoms with Crippen LogP contribution in [0.2, 0.25) is 0 Å². The van der Waals surface area contributed by atoms with Crippen molar-refractivity contribution in [1.29, 1.82) is 0 Å². The first kappa shape index (κ1) is 7.07. The Bertz CT molecular complexity index is 206. The number of aliphatic imine (C=N–C) groups is 1. The first-order valence-electron chi connectivity index (χ1n) is 3.18. The molecule has 0 N–H and O–H groups in total. The van der Waals surface area contributed by atoms with Gasteiger partial charge in [0.05, 0.1) is 7.85 Å². The molecule has 0 aromatic heterocycles. The van der Waals surface area contributed by atoms with Crippen LogP contribution < -0.4 is 0 Å². The van der Waals surface area contributed by atoms with Crippen molar-refractivity contribution in [3.05, 3.63) is 35.9 Å². The molecule has 2 heteroatoms. The van der Waals surface area contributed by atoms with E-state index in [-0.39, 0.29) is 0 Å². The van der Waals surface area contributed by atoms with E-state index >= 15 is 0 Å². The minimum absolute atomic E-state index is 0.356. The van der Waals surface area contributed by atoms with Crippen molar-refractivity contribution in [2.24, 2.45) is 4.99 Å². The van der Waals surface area contributed by atoms with E-state index in [1.807, 2.05) is 30.3 Å². The van der Waals surface area contributed by atoms with Gasteiger partial charge in [-0.1, -0.05) is 30.3 Å². The average molecular weight is 129 g/mol. The second-order valence-corrected chi connectivity index (χ2v) is 1.90. The smallest absolute Gasteiger partial charge is 0.0971 e. The Balaban J connectivity index is 2.67. The van der Waals surface area contributed by atoms with Crippen LogP contribution in [0.3, 0.4) is 0 Å². The second kappa shape index (κ2) is 3.88. The van der Waals surface area contributed by atoms with E-state index in [1.165, 1.54) is 0 Å². The van der Waals surface area contributed by atoms with Crippen molar-refractivity contribution in [2.45, 2.75) is 0 Å². The summed E-state index contributed by atoms with van der Waals surface area (Å²) in [6.45, 7) is 0. The van der Waals surface area contributed by atoms with Crippen LogP contribution in [0.4, 0.5) is 0 Å². The van der Waals surface area contributed by atoms with Crippen molar-refractivity contribution < 1.29 is 0 Å². The predicted molar refractivity (Wildman–Crippen MR) is 44.7 cm³/mol. The highest BCUT2D eigenvalue weighted by Crippen LogP contribution is 1.92. The van der Waals surface area contributed by atoms with Crippen molar-refractivity contribution in [3.8, 4) is 0 Å². The van der Waals surface area contributed by atoms with Gasteiger partial charge in [0.25, 0.3) is 0 Å². The minimum atomic E-state index is 0.356. The molecular formula is C8H8BN. The van der Waals surface area contributed by atoms with E-state index in [0.717, 1.165) is 5.56 Å². The lowest BCUT2D eigenvalue weighted by atomic mass is 10.2. The van der Waals surface area contributed by atoms with Crippen LogP contribution in [0.15, 0.2) is 35.3 Å². The number of hydrogen-bond donors (Lipinski definition) is 0. The molecule has 0 bridgehead atoms. The second-order valence-electron chi connectivity index (χ2n) is 1.90. The maximum Gasteiger partial charge on any atom is 0.0971 e. The zero-order valence-corrected chi connectivity index (χ0v) is 5.70. The molecule has 0 saturated carbocycles. The maximum absolute atomic E-state index is 5.18. The zero-order chi connectivity index (χ0) is 7.23. The van der Waals surface area contributed by atoms with Crippen LogP contribution in [0.25, 0.3) is 0 Å². The topological polar surface area (TPSA) is 12.4 Å². The highest BCUT2D eigenvalue weighted by Gasteiger charge is 1.79. The van der Waals surface area contributed by atoms with Gasteiger partial charge in [0.1, 0.15) is 0 Å². The zero-order valence-electron chi connectivity index (χ0n) is 5.70. The Morgan fingerprint density at radius 1 is 1.30 bits per heavy atom. The van der Waals surface area contributed by atoms with E-state index in [9.17, 15) is 0 Å². The highest BCUT2D eigenvalue weighted by atomic mass is 14.7. The first-order chi connectivity index (χ1) is 4.93. The van der Waals surface area contributed by atoms with Crippen LogP contribution in [0.5, 0.6) is 0 Å². The van der Waals surface area contributed by atoms with Gasteiger partial charge in [-0.25, -0.2) is 0 Å². The molecule has 2 radical (unpaired) electrons. The van der Waals surface area contributed by atoms with Crippen LogP contribution in [0, 0.1) is 0 Å². The third-order valence-electron chi connectivity index (χ3n) is 1.15. The van der Waals surface area contributed by atoms with Gasteiger partial charge in [-0.05, 0) is 12.0 Å². The molecule has 0 atom stereocenters. The van der Waals surface area contributed by atoms with Crippen LogP contribution >= 0.6 is 0 Å². The van der Waals surface area contributed by atoms with E-state index in [1.54, 1.807) is 6.21 Å². The molecule has 10 heavy (non-hydrogen) atoms. The summed E-state index contributed by atoms with van der Waals surface area (Å²) in [5.41, 5.74) is 1.09. The molecule has 0 spiro atoms. The molecule has 0 unspecified atom stereocenters. The van der Waals surface area contributed by atoms with Gasteiger partial charge >= 0.3 is 0 Å². The summed E-state index contributed by atoms with van der Waals surface area (Å²) in [7, 11) is 5.18. The Labute approximate surface area is 62.2 Å². The van der Waals surface area contributed by atoms with Gasteiger partial charge < -0.3 is 4.99 Å². The largest absolute Gasteiger partial charge is 0.302 e. The van der Waals surface area contributed by atoms with Crippen LogP contribution in [-0.2, 0) is 0 Å². The lowest BCUT2D eigenvalue weighted by molar-refractivity contribution is 1.38. The molecule has 0 amide bonds. The number of hydrogen-bond acceptors (Lipinski definition) is 1. The van der Waals surface area contributed by atoms with Crippen molar-refractivity contribution in [2.75, 3.05) is 6.44 Å². The van der Waals surface area contributed by atoms with Crippen molar-refractivity contribution >= 4 is 14.1 Å². The molecular weight excluding hydrogens is 121 g/mol. The summed E-state index contributed by atoms with van der Waals surface area (Å²) in [5.74, 6) is 0. The molecule has 1 aromatic rings. The number of nitrogens with zero attached hydrogens (tertiary/aromatic N) is 1. The summed E-state index contributed by atoms with van der Waals surface area (Å²) in [4.78, 5) is 3.89. The fourth-order valence-corrected chi connectivity index (χ4v) is 0.697. The Hall–Kier alpha value is -1.05.